The highest BCUT2D eigenvalue weighted by Gasteiger charge is 2.46. The number of rotatable bonds is 5. The zero-order chi connectivity index (χ0) is 24.6. The van der Waals surface area contributed by atoms with Crippen LogP contribution in [0.15, 0.2) is 63.2 Å². The third kappa shape index (κ3) is 4.67. The van der Waals surface area contributed by atoms with Crippen LogP contribution in [0.5, 0.6) is 11.5 Å². The molecule has 0 aromatic heterocycles. The van der Waals surface area contributed by atoms with E-state index in [4.69, 9.17) is 14.5 Å². The van der Waals surface area contributed by atoms with E-state index in [9.17, 15) is 14.7 Å². The fourth-order valence-corrected chi connectivity index (χ4v) is 5.32. The molecule has 0 fully saturated rings. The molecule has 7 heteroatoms. The van der Waals surface area contributed by atoms with Crippen molar-refractivity contribution in [2.24, 2.45) is 16.3 Å². The van der Waals surface area contributed by atoms with Crippen molar-refractivity contribution in [1.82, 2.24) is 0 Å². The second-order valence-electron chi connectivity index (χ2n) is 9.66. The molecule has 1 unspecified atom stereocenters. The van der Waals surface area contributed by atoms with Crippen molar-refractivity contribution in [2.45, 2.75) is 46.1 Å². The van der Waals surface area contributed by atoms with Crippen molar-refractivity contribution in [2.75, 3.05) is 7.11 Å². The van der Waals surface area contributed by atoms with E-state index in [2.05, 4.69) is 29.8 Å². The number of hydrogen-bond donors (Lipinski definition) is 1. The summed E-state index contributed by atoms with van der Waals surface area (Å²) in [5, 5.41) is 10.3. The van der Waals surface area contributed by atoms with Crippen LogP contribution < -0.4 is 4.74 Å². The predicted octanol–water partition coefficient (Wildman–Crippen LogP) is 5.72. The van der Waals surface area contributed by atoms with E-state index in [1.165, 1.54) is 7.11 Å². The molecule has 2 aromatic rings. The SMILES string of the molecule is COc1cc([C@@H]2C3=C(CC(C)(C)CC3=O)N=C(C)C2C(=O)OCc2ccccc2)cc(Br)c1O. The molecule has 2 atom stereocenters. The Balaban J connectivity index is 1.80. The maximum atomic E-state index is 13.5. The minimum Gasteiger partial charge on any atom is -0.503 e. The topological polar surface area (TPSA) is 85.2 Å². The lowest BCUT2D eigenvalue weighted by Gasteiger charge is -2.39. The molecular weight excluding hydrogens is 498 g/mol. The van der Waals surface area contributed by atoms with Gasteiger partial charge in [-0.3, -0.25) is 14.6 Å². The number of phenolic OH excluding ortho intramolecular Hbond substituents is 1. The van der Waals surface area contributed by atoms with Crippen molar-refractivity contribution in [1.29, 1.82) is 0 Å². The lowest BCUT2D eigenvalue weighted by atomic mass is 9.67. The normalized spacial score (nSPS) is 21.6. The number of halogens is 1. The van der Waals surface area contributed by atoms with Crippen LogP contribution in [0, 0.1) is 11.3 Å². The Bertz CT molecular complexity index is 1200. The fraction of sp³-hybridized carbons (Fsp3) is 0.370. The molecule has 0 radical (unpaired) electrons. The van der Waals surface area contributed by atoms with Gasteiger partial charge in [0.15, 0.2) is 17.3 Å². The zero-order valence-electron chi connectivity index (χ0n) is 19.7. The molecule has 0 saturated carbocycles. The number of ketones is 1. The van der Waals surface area contributed by atoms with Gasteiger partial charge in [-0.1, -0.05) is 44.2 Å². The number of esters is 1. The monoisotopic (exact) mass is 525 g/mol. The summed E-state index contributed by atoms with van der Waals surface area (Å²) in [5.41, 5.74) is 3.22. The highest BCUT2D eigenvalue weighted by molar-refractivity contribution is 9.10. The second-order valence-corrected chi connectivity index (χ2v) is 10.5. The maximum Gasteiger partial charge on any atom is 0.315 e. The molecule has 1 heterocycles. The first-order chi connectivity index (χ1) is 16.1. The van der Waals surface area contributed by atoms with Crippen LogP contribution in [0.3, 0.4) is 0 Å². The van der Waals surface area contributed by atoms with Crippen molar-refractivity contribution in [3.8, 4) is 11.5 Å². The fourth-order valence-electron chi connectivity index (χ4n) is 4.86. The van der Waals surface area contributed by atoms with E-state index in [1.807, 2.05) is 37.3 Å². The highest BCUT2D eigenvalue weighted by atomic mass is 79.9. The molecule has 178 valence electrons. The molecule has 0 bridgehead atoms. The molecule has 34 heavy (non-hydrogen) atoms. The minimum atomic E-state index is -0.770. The molecular formula is C27H28BrNO5. The summed E-state index contributed by atoms with van der Waals surface area (Å²) in [7, 11) is 1.46. The Morgan fingerprint density at radius 3 is 2.59 bits per heavy atom. The van der Waals surface area contributed by atoms with E-state index in [0.717, 1.165) is 11.3 Å². The number of carbonyl (C=O) groups excluding carboxylic acids is 2. The molecule has 1 aliphatic heterocycles. The van der Waals surface area contributed by atoms with Gasteiger partial charge in [0.2, 0.25) is 0 Å². The van der Waals surface area contributed by atoms with Crippen LogP contribution >= 0.6 is 15.9 Å². The number of methoxy groups -OCH3 is 1. The van der Waals surface area contributed by atoms with E-state index < -0.39 is 17.8 Å². The number of benzene rings is 2. The molecule has 1 aliphatic carbocycles. The minimum absolute atomic E-state index is 0.0171. The summed E-state index contributed by atoms with van der Waals surface area (Å²) in [6, 6.07) is 12.9. The van der Waals surface area contributed by atoms with Gasteiger partial charge < -0.3 is 14.6 Å². The summed E-state index contributed by atoms with van der Waals surface area (Å²) in [6.45, 7) is 6.04. The molecule has 1 N–H and O–H groups in total. The van der Waals surface area contributed by atoms with Gasteiger partial charge in [0.1, 0.15) is 12.5 Å². The Labute approximate surface area is 207 Å². The number of ether oxygens (including phenoxy) is 2. The first kappa shape index (κ1) is 24.2. The van der Waals surface area contributed by atoms with E-state index >= 15 is 0 Å². The van der Waals surface area contributed by atoms with Crippen LogP contribution in [-0.4, -0.2) is 29.7 Å². The standard InChI is InChI=1S/C27H28BrNO5/c1-15-22(26(32)34-14-16-8-6-5-7-9-16)23(17-10-18(28)25(31)21(11-17)33-4)24-19(29-15)12-27(2,3)13-20(24)30/h5-11,22-23,31H,12-14H2,1-4H3/t22?,23-/m0/s1. The van der Waals surface area contributed by atoms with Gasteiger partial charge in [-0.15, -0.1) is 0 Å². The van der Waals surface area contributed by atoms with Gasteiger partial charge in [0, 0.05) is 29.3 Å². The van der Waals surface area contributed by atoms with Crippen molar-refractivity contribution in [3.63, 3.8) is 0 Å². The number of Topliss-reactive ketones (excluding diaryl/α,β-unsaturated/α-hetero) is 1. The van der Waals surface area contributed by atoms with Crippen molar-refractivity contribution >= 4 is 33.4 Å². The third-order valence-corrected chi connectivity index (χ3v) is 7.01. The number of allylic oxidation sites excluding steroid dienone is 2. The summed E-state index contributed by atoms with van der Waals surface area (Å²) < 4.78 is 11.5. The van der Waals surface area contributed by atoms with Gasteiger partial charge in [-0.05, 0) is 57.9 Å². The lowest BCUT2D eigenvalue weighted by Crippen LogP contribution is -2.39. The van der Waals surface area contributed by atoms with Crippen LogP contribution in [0.25, 0.3) is 0 Å². The average Bonchev–Trinajstić information content (AvgIpc) is 2.78. The Hall–Kier alpha value is -2.93. The number of phenols is 1. The third-order valence-electron chi connectivity index (χ3n) is 6.41. The average molecular weight is 526 g/mol. The molecule has 2 aromatic carbocycles. The van der Waals surface area contributed by atoms with E-state index in [1.54, 1.807) is 12.1 Å². The maximum absolute atomic E-state index is 13.5. The van der Waals surface area contributed by atoms with Gasteiger partial charge in [0.05, 0.1) is 11.6 Å². The summed E-state index contributed by atoms with van der Waals surface area (Å²) in [6.07, 6.45) is 1.02. The smallest absolute Gasteiger partial charge is 0.315 e. The number of nitrogens with zero attached hydrogens (tertiary/aromatic N) is 1. The molecule has 2 aliphatic rings. The molecule has 0 spiro atoms. The summed E-state index contributed by atoms with van der Waals surface area (Å²) in [4.78, 5) is 31.6. The number of hydrogen-bond acceptors (Lipinski definition) is 6. The molecule has 4 rings (SSSR count). The number of aliphatic imine (C=N–C) groups is 1. The van der Waals surface area contributed by atoms with Crippen LogP contribution in [0.1, 0.15) is 50.7 Å². The number of aromatic hydroxyl groups is 1. The summed E-state index contributed by atoms with van der Waals surface area (Å²) in [5.74, 6) is -1.61. The second kappa shape index (κ2) is 9.37. The number of carbonyl (C=O) groups is 2. The van der Waals surface area contributed by atoms with Crippen LogP contribution in [-0.2, 0) is 20.9 Å². The van der Waals surface area contributed by atoms with Crippen LogP contribution in [0.2, 0.25) is 0 Å². The summed E-state index contributed by atoms with van der Waals surface area (Å²) >= 11 is 3.38. The predicted molar refractivity (Wildman–Crippen MR) is 133 cm³/mol. The lowest BCUT2D eigenvalue weighted by molar-refractivity contribution is -0.148. The Morgan fingerprint density at radius 1 is 1.21 bits per heavy atom. The van der Waals surface area contributed by atoms with Crippen LogP contribution in [0.4, 0.5) is 0 Å². The zero-order valence-corrected chi connectivity index (χ0v) is 21.3. The molecule has 6 nitrogen and oxygen atoms in total. The van der Waals surface area contributed by atoms with E-state index in [0.29, 0.717) is 34.2 Å². The first-order valence-electron chi connectivity index (χ1n) is 11.2. The van der Waals surface area contributed by atoms with Gasteiger partial charge >= 0.3 is 5.97 Å². The molecule has 0 amide bonds. The van der Waals surface area contributed by atoms with Gasteiger partial charge in [0.25, 0.3) is 0 Å². The molecule has 0 saturated heterocycles. The van der Waals surface area contributed by atoms with Crippen molar-refractivity contribution in [3.05, 3.63) is 69.3 Å². The first-order valence-corrected chi connectivity index (χ1v) is 12.0. The van der Waals surface area contributed by atoms with E-state index in [-0.39, 0.29) is 29.3 Å². The highest BCUT2D eigenvalue weighted by Crippen LogP contribution is 2.49. The quantitative estimate of drug-likeness (QED) is 0.504. The Kier molecular flexibility index (Phi) is 6.67. The Morgan fingerprint density at radius 2 is 1.91 bits per heavy atom. The van der Waals surface area contributed by atoms with Crippen molar-refractivity contribution < 1.29 is 24.2 Å². The largest absolute Gasteiger partial charge is 0.503 e. The van der Waals surface area contributed by atoms with Gasteiger partial charge in [-0.2, -0.15) is 0 Å². The van der Waals surface area contributed by atoms with Gasteiger partial charge in [-0.25, -0.2) is 0 Å².